The fourth-order valence-corrected chi connectivity index (χ4v) is 3.43. The maximum Gasteiger partial charge on any atom is 0.134 e. The van der Waals surface area contributed by atoms with Gasteiger partial charge in [-0.25, -0.2) is 0 Å². The molecule has 114 valence electrons. The number of fused-ring (bicyclic) bond motifs is 1. The lowest BCUT2D eigenvalue weighted by Gasteiger charge is -2.41. The maximum atomic E-state index is 6.24. The van der Waals surface area contributed by atoms with E-state index in [1.54, 1.807) is 0 Å². The van der Waals surface area contributed by atoms with Crippen molar-refractivity contribution >= 4 is 11.0 Å². The Morgan fingerprint density at radius 2 is 2.05 bits per heavy atom. The van der Waals surface area contributed by atoms with Crippen LogP contribution in [0.3, 0.4) is 0 Å². The summed E-state index contributed by atoms with van der Waals surface area (Å²) in [4.78, 5) is 2.60. The molecule has 0 spiro atoms. The lowest BCUT2D eigenvalue weighted by atomic mass is 10.0. The van der Waals surface area contributed by atoms with Crippen LogP contribution >= 0.6 is 0 Å². The first-order valence-corrected chi connectivity index (χ1v) is 8.23. The van der Waals surface area contributed by atoms with Gasteiger partial charge >= 0.3 is 0 Å². The van der Waals surface area contributed by atoms with Crippen LogP contribution in [0.5, 0.6) is 0 Å². The molecule has 0 amide bonds. The summed E-state index contributed by atoms with van der Waals surface area (Å²) < 4.78 is 6.24. The van der Waals surface area contributed by atoms with E-state index in [1.807, 2.05) is 0 Å². The van der Waals surface area contributed by atoms with Crippen molar-refractivity contribution in [2.75, 3.05) is 19.6 Å². The summed E-state index contributed by atoms with van der Waals surface area (Å²) in [5.41, 5.74) is 2.41. The van der Waals surface area contributed by atoms with Crippen molar-refractivity contribution in [3.63, 3.8) is 0 Å². The van der Waals surface area contributed by atoms with Gasteiger partial charge in [-0.15, -0.1) is 0 Å². The zero-order valence-electron chi connectivity index (χ0n) is 13.4. The molecule has 2 aromatic rings. The van der Waals surface area contributed by atoms with Gasteiger partial charge in [0.05, 0.1) is 6.04 Å². The third kappa shape index (κ3) is 2.60. The molecule has 1 N–H and O–H groups in total. The molecule has 2 heterocycles. The monoisotopic (exact) mass is 286 g/mol. The number of aryl methyl sites for hydroxylation is 1. The van der Waals surface area contributed by atoms with Crippen LogP contribution in [0.4, 0.5) is 0 Å². The molecule has 1 aromatic heterocycles. The summed E-state index contributed by atoms with van der Waals surface area (Å²) in [5.74, 6) is 1.17. The highest BCUT2D eigenvalue weighted by atomic mass is 16.3. The second kappa shape index (κ2) is 6.20. The van der Waals surface area contributed by atoms with Crippen LogP contribution in [0.15, 0.2) is 28.7 Å². The predicted octanol–water partition coefficient (Wildman–Crippen LogP) is 3.74. The Hall–Kier alpha value is -1.32. The molecule has 0 saturated carbocycles. The van der Waals surface area contributed by atoms with Crippen molar-refractivity contribution in [2.24, 2.45) is 0 Å². The summed E-state index contributed by atoms with van der Waals surface area (Å²) in [7, 11) is 0. The van der Waals surface area contributed by atoms with E-state index in [9.17, 15) is 0 Å². The van der Waals surface area contributed by atoms with E-state index in [0.717, 1.165) is 31.6 Å². The molecule has 0 aliphatic carbocycles. The van der Waals surface area contributed by atoms with Crippen molar-refractivity contribution in [3.05, 3.63) is 35.6 Å². The Morgan fingerprint density at radius 3 is 2.67 bits per heavy atom. The fourth-order valence-electron chi connectivity index (χ4n) is 3.43. The highest BCUT2D eigenvalue weighted by Crippen LogP contribution is 2.34. The molecule has 0 bridgehead atoms. The number of hydrogen-bond donors (Lipinski definition) is 1. The number of furan rings is 1. The second-order valence-electron chi connectivity index (χ2n) is 6.02. The molecule has 21 heavy (non-hydrogen) atoms. The van der Waals surface area contributed by atoms with Crippen LogP contribution in [0.1, 0.15) is 44.6 Å². The van der Waals surface area contributed by atoms with E-state index < -0.39 is 0 Å². The summed E-state index contributed by atoms with van der Waals surface area (Å²) >= 11 is 0. The van der Waals surface area contributed by atoms with Gasteiger partial charge in [0.15, 0.2) is 0 Å². The average molecular weight is 286 g/mol. The van der Waals surface area contributed by atoms with Gasteiger partial charge in [0.2, 0.25) is 0 Å². The molecule has 1 unspecified atom stereocenters. The molecule has 3 nitrogen and oxygen atoms in total. The van der Waals surface area contributed by atoms with E-state index >= 15 is 0 Å². The third-order valence-corrected chi connectivity index (χ3v) is 4.67. The quantitative estimate of drug-likeness (QED) is 0.877. The molecule has 1 aromatic carbocycles. The van der Waals surface area contributed by atoms with Gasteiger partial charge in [0, 0.05) is 30.1 Å². The first-order valence-electron chi connectivity index (χ1n) is 8.23. The number of para-hydroxylation sites is 1. The van der Waals surface area contributed by atoms with Gasteiger partial charge in [-0.2, -0.15) is 0 Å². The SMILES string of the molecule is CCCN(C1CNC1)C(C)c1oc2ccccc2c1CC. The van der Waals surface area contributed by atoms with Crippen LogP contribution in [0.25, 0.3) is 11.0 Å². The van der Waals surface area contributed by atoms with Gasteiger partial charge in [-0.1, -0.05) is 32.0 Å². The van der Waals surface area contributed by atoms with E-state index in [-0.39, 0.29) is 0 Å². The van der Waals surface area contributed by atoms with Gasteiger partial charge in [-0.05, 0) is 32.4 Å². The van der Waals surface area contributed by atoms with Crippen LogP contribution < -0.4 is 5.32 Å². The van der Waals surface area contributed by atoms with Crippen LogP contribution in [0, 0.1) is 0 Å². The zero-order chi connectivity index (χ0) is 14.8. The van der Waals surface area contributed by atoms with Gasteiger partial charge in [-0.3, -0.25) is 4.90 Å². The lowest BCUT2D eigenvalue weighted by molar-refractivity contribution is 0.0918. The van der Waals surface area contributed by atoms with Crippen molar-refractivity contribution in [2.45, 2.75) is 45.7 Å². The van der Waals surface area contributed by atoms with E-state index in [4.69, 9.17) is 4.42 Å². The molecule has 1 aliphatic rings. The first-order chi connectivity index (χ1) is 10.3. The van der Waals surface area contributed by atoms with E-state index in [1.165, 1.54) is 23.1 Å². The molecule has 0 radical (unpaired) electrons. The Bertz CT molecular complexity index is 600. The first kappa shape index (κ1) is 14.6. The molecule has 1 fully saturated rings. The normalized spacial score (nSPS) is 17.3. The Balaban J connectivity index is 1.97. The smallest absolute Gasteiger partial charge is 0.134 e. The summed E-state index contributed by atoms with van der Waals surface area (Å²) in [6, 6.07) is 9.42. The summed E-state index contributed by atoms with van der Waals surface area (Å²) in [6.07, 6.45) is 2.21. The number of hydrogen-bond acceptors (Lipinski definition) is 3. The molecule has 1 saturated heterocycles. The number of rotatable bonds is 6. The van der Waals surface area contributed by atoms with Crippen LogP contribution in [-0.2, 0) is 6.42 Å². The topological polar surface area (TPSA) is 28.4 Å². The number of nitrogens with one attached hydrogen (secondary N) is 1. The minimum atomic E-state index is 0.347. The predicted molar refractivity (Wildman–Crippen MR) is 87.7 cm³/mol. The van der Waals surface area contributed by atoms with Crippen molar-refractivity contribution < 1.29 is 4.42 Å². The highest BCUT2D eigenvalue weighted by molar-refractivity contribution is 5.82. The van der Waals surface area contributed by atoms with Crippen molar-refractivity contribution in [3.8, 4) is 0 Å². The maximum absolute atomic E-state index is 6.24. The largest absolute Gasteiger partial charge is 0.459 e. The third-order valence-electron chi connectivity index (χ3n) is 4.67. The van der Waals surface area contributed by atoms with E-state index in [0.29, 0.717) is 12.1 Å². The average Bonchev–Trinajstić information content (AvgIpc) is 2.82. The van der Waals surface area contributed by atoms with Crippen LogP contribution in [0.2, 0.25) is 0 Å². The zero-order valence-corrected chi connectivity index (χ0v) is 13.4. The minimum Gasteiger partial charge on any atom is -0.459 e. The summed E-state index contributed by atoms with van der Waals surface area (Å²) in [6.45, 7) is 10.1. The van der Waals surface area contributed by atoms with Gasteiger partial charge in [0.1, 0.15) is 11.3 Å². The fraction of sp³-hybridized carbons (Fsp3) is 0.556. The molecule has 1 atom stereocenters. The standard InChI is InChI=1S/C18H26N2O/c1-4-10-20(14-11-19-12-14)13(3)18-15(5-2)16-8-6-7-9-17(16)21-18/h6-9,13-14,19H,4-5,10-12H2,1-3H3. The van der Waals surface area contributed by atoms with E-state index in [2.05, 4.69) is 55.3 Å². The van der Waals surface area contributed by atoms with Gasteiger partial charge < -0.3 is 9.73 Å². The Kier molecular flexibility index (Phi) is 4.32. The van der Waals surface area contributed by atoms with Crippen molar-refractivity contribution in [1.29, 1.82) is 0 Å². The molecular formula is C18H26N2O. The summed E-state index contributed by atoms with van der Waals surface area (Å²) in [5, 5.41) is 4.67. The lowest BCUT2D eigenvalue weighted by Crippen LogP contribution is -2.57. The van der Waals surface area contributed by atoms with Crippen molar-refractivity contribution in [1.82, 2.24) is 10.2 Å². The molecule has 3 heteroatoms. The van der Waals surface area contributed by atoms with Crippen LogP contribution in [-0.4, -0.2) is 30.6 Å². The molecule has 1 aliphatic heterocycles. The Morgan fingerprint density at radius 1 is 1.29 bits per heavy atom. The molecular weight excluding hydrogens is 260 g/mol. The number of benzene rings is 1. The molecule has 3 rings (SSSR count). The number of nitrogens with zero attached hydrogens (tertiary/aromatic N) is 1. The minimum absolute atomic E-state index is 0.347. The highest BCUT2D eigenvalue weighted by Gasteiger charge is 2.31. The Labute approximate surface area is 127 Å². The van der Waals surface area contributed by atoms with Gasteiger partial charge in [0.25, 0.3) is 0 Å². The second-order valence-corrected chi connectivity index (χ2v) is 6.02.